The highest BCUT2D eigenvalue weighted by molar-refractivity contribution is 5.98. The first-order valence-corrected chi connectivity index (χ1v) is 11.0. The van der Waals surface area contributed by atoms with Crippen molar-refractivity contribution in [1.82, 2.24) is 5.32 Å². The van der Waals surface area contributed by atoms with E-state index in [1.54, 1.807) is 0 Å². The Morgan fingerprint density at radius 2 is 0.970 bits per heavy atom. The third-order valence-electron chi connectivity index (χ3n) is 6.87. The van der Waals surface area contributed by atoms with Gasteiger partial charge in [0.15, 0.2) is 0 Å². The fraction of sp³-hybridized carbons (Fsp3) is 0.103. The summed E-state index contributed by atoms with van der Waals surface area (Å²) >= 11 is 0. The number of benzene rings is 4. The third kappa shape index (κ3) is 2.91. The number of carbonyl (C=O) groups is 2. The highest BCUT2D eigenvalue weighted by Gasteiger charge is 2.41. The fourth-order valence-electron chi connectivity index (χ4n) is 5.52. The lowest BCUT2D eigenvalue weighted by molar-refractivity contribution is -0.142. The molecule has 4 aromatic rings. The van der Waals surface area contributed by atoms with Crippen LogP contribution in [0, 0.1) is 0 Å². The largest absolute Gasteiger partial charge is 0.480 e. The number of fused-ring (bicyclic) bond motifs is 6. The topological polar surface area (TPSA) is 66.4 Å². The summed E-state index contributed by atoms with van der Waals surface area (Å²) in [7, 11) is 0. The number of carboxylic acids is 1. The number of carboxylic acid groups (broad SMARTS) is 1. The predicted octanol–water partition coefficient (Wildman–Crippen LogP) is 5.18. The molecule has 2 N–H and O–H groups in total. The van der Waals surface area contributed by atoms with Crippen LogP contribution in [0.25, 0.3) is 22.3 Å². The van der Waals surface area contributed by atoms with E-state index in [9.17, 15) is 14.7 Å². The molecule has 33 heavy (non-hydrogen) atoms. The van der Waals surface area contributed by atoms with Crippen LogP contribution in [0.5, 0.6) is 0 Å². The molecule has 0 bridgehead atoms. The van der Waals surface area contributed by atoms with Crippen LogP contribution >= 0.6 is 0 Å². The Kier molecular flexibility index (Phi) is 4.40. The Hall–Kier alpha value is -4.18. The molecule has 6 rings (SSSR count). The average Bonchev–Trinajstić information content (AvgIpc) is 3.36. The molecule has 2 aliphatic carbocycles. The van der Waals surface area contributed by atoms with Crippen LogP contribution in [0.2, 0.25) is 0 Å². The van der Waals surface area contributed by atoms with Crippen LogP contribution in [0.3, 0.4) is 0 Å². The SMILES string of the molecule is O=C(N[C@H](C(=O)O)C1c2ccccc2-c2ccccc21)C1c2ccccc2-c2ccccc21. The summed E-state index contributed by atoms with van der Waals surface area (Å²) in [5, 5.41) is 13.2. The van der Waals surface area contributed by atoms with Crippen LogP contribution in [-0.4, -0.2) is 23.0 Å². The molecule has 0 heterocycles. The number of carbonyl (C=O) groups excluding carboxylic acids is 1. The van der Waals surface area contributed by atoms with Gasteiger partial charge in [-0.3, -0.25) is 4.79 Å². The Morgan fingerprint density at radius 3 is 1.39 bits per heavy atom. The summed E-state index contributed by atoms with van der Waals surface area (Å²) in [5.74, 6) is -2.32. The molecule has 1 atom stereocenters. The zero-order valence-electron chi connectivity index (χ0n) is 17.7. The van der Waals surface area contributed by atoms with Gasteiger partial charge in [-0.15, -0.1) is 0 Å². The van der Waals surface area contributed by atoms with E-state index in [0.29, 0.717) is 0 Å². The first-order valence-electron chi connectivity index (χ1n) is 11.0. The molecular weight excluding hydrogens is 410 g/mol. The zero-order chi connectivity index (χ0) is 22.5. The van der Waals surface area contributed by atoms with Gasteiger partial charge in [-0.25, -0.2) is 4.79 Å². The lowest BCUT2D eigenvalue weighted by Crippen LogP contribution is -2.46. The number of amides is 1. The van der Waals surface area contributed by atoms with Gasteiger partial charge >= 0.3 is 5.97 Å². The smallest absolute Gasteiger partial charge is 0.327 e. The van der Waals surface area contributed by atoms with Crippen molar-refractivity contribution in [2.24, 2.45) is 0 Å². The highest BCUT2D eigenvalue weighted by atomic mass is 16.4. The van der Waals surface area contributed by atoms with Crippen LogP contribution < -0.4 is 5.32 Å². The van der Waals surface area contributed by atoms with Gasteiger partial charge < -0.3 is 10.4 Å². The molecule has 0 radical (unpaired) electrons. The minimum Gasteiger partial charge on any atom is -0.480 e. The van der Waals surface area contributed by atoms with Crippen molar-refractivity contribution in [3.8, 4) is 22.3 Å². The lowest BCUT2D eigenvalue weighted by atomic mass is 9.88. The van der Waals surface area contributed by atoms with E-state index >= 15 is 0 Å². The van der Waals surface area contributed by atoms with E-state index in [2.05, 4.69) is 5.32 Å². The van der Waals surface area contributed by atoms with E-state index in [0.717, 1.165) is 44.5 Å². The molecule has 0 saturated carbocycles. The first kappa shape index (κ1) is 19.5. The van der Waals surface area contributed by atoms with E-state index in [1.165, 1.54) is 0 Å². The van der Waals surface area contributed by atoms with Crippen molar-refractivity contribution in [2.45, 2.75) is 17.9 Å². The zero-order valence-corrected chi connectivity index (χ0v) is 17.7. The van der Waals surface area contributed by atoms with Crippen molar-refractivity contribution in [2.75, 3.05) is 0 Å². The Balaban J connectivity index is 1.42. The minimum atomic E-state index is -1.08. The van der Waals surface area contributed by atoms with Gasteiger partial charge in [-0.05, 0) is 44.5 Å². The Bertz CT molecular complexity index is 1330. The van der Waals surface area contributed by atoms with Crippen molar-refractivity contribution in [1.29, 1.82) is 0 Å². The summed E-state index contributed by atoms with van der Waals surface area (Å²) in [6.07, 6.45) is 0. The van der Waals surface area contributed by atoms with Crippen molar-refractivity contribution >= 4 is 11.9 Å². The molecule has 1 amide bonds. The predicted molar refractivity (Wildman–Crippen MR) is 127 cm³/mol. The molecule has 4 aromatic carbocycles. The molecule has 4 nitrogen and oxygen atoms in total. The highest BCUT2D eigenvalue weighted by Crippen LogP contribution is 2.47. The first-order chi connectivity index (χ1) is 16.1. The monoisotopic (exact) mass is 431 g/mol. The molecule has 0 aliphatic heterocycles. The van der Waals surface area contributed by atoms with Gasteiger partial charge in [0.25, 0.3) is 0 Å². The van der Waals surface area contributed by atoms with Crippen LogP contribution in [0.1, 0.15) is 34.1 Å². The number of rotatable bonds is 4. The number of hydrogen-bond acceptors (Lipinski definition) is 2. The number of aliphatic carboxylic acids is 1. The van der Waals surface area contributed by atoms with E-state index in [1.807, 2.05) is 97.1 Å². The molecular formula is C29H21NO3. The second-order valence-corrected chi connectivity index (χ2v) is 8.58. The number of hydrogen-bond donors (Lipinski definition) is 2. The molecule has 4 heteroatoms. The van der Waals surface area contributed by atoms with E-state index < -0.39 is 23.8 Å². The van der Waals surface area contributed by atoms with Gasteiger partial charge in [0, 0.05) is 5.92 Å². The normalized spacial score (nSPS) is 14.7. The quantitative estimate of drug-likeness (QED) is 0.468. The Labute approximate surface area is 191 Å². The van der Waals surface area contributed by atoms with Crippen molar-refractivity contribution in [3.63, 3.8) is 0 Å². The molecule has 0 fully saturated rings. The van der Waals surface area contributed by atoms with Crippen LogP contribution in [-0.2, 0) is 9.59 Å². The summed E-state index contributed by atoms with van der Waals surface area (Å²) in [6, 6.07) is 30.3. The maximum absolute atomic E-state index is 13.7. The molecule has 160 valence electrons. The molecule has 2 aliphatic rings. The molecule has 0 aromatic heterocycles. The van der Waals surface area contributed by atoms with E-state index in [-0.39, 0.29) is 5.91 Å². The minimum absolute atomic E-state index is 0.290. The summed E-state index contributed by atoms with van der Waals surface area (Å²) in [6.45, 7) is 0. The third-order valence-corrected chi connectivity index (χ3v) is 6.87. The van der Waals surface area contributed by atoms with Crippen LogP contribution in [0.15, 0.2) is 97.1 Å². The standard InChI is InChI=1S/C29H21NO3/c31-28(26-23-15-7-3-11-19(23)20-12-4-8-16-24(20)26)30-27(29(32)33)25-21-13-5-1-9-17(21)18-10-2-6-14-22(18)25/h1-16,25-27H,(H,30,31)(H,32,33)/t27-/m0/s1. The van der Waals surface area contributed by atoms with Gasteiger partial charge in [0.05, 0.1) is 5.92 Å². The molecule has 0 unspecified atom stereocenters. The second kappa shape index (κ2) is 7.45. The Morgan fingerprint density at radius 1 is 0.606 bits per heavy atom. The molecule has 0 spiro atoms. The van der Waals surface area contributed by atoms with E-state index in [4.69, 9.17) is 0 Å². The van der Waals surface area contributed by atoms with Gasteiger partial charge in [-0.2, -0.15) is 0 Å². The van der Waals surface area contributed by atoms with Crippen LogP contribution in [0.4, 0.5) is 0 Å². The number of nitrogens with one attached hydrogen (secondary N) is 1. The van der Waals surface area contributed by atoms with Gasteiger partial charge in [0.1, 0.15) is 6.04 Å². The van der Waals surface area contributed by atoms with Crippen molar-refractivity contribution < 1.29 is 14.7 Å². The van der Waals surface area contributed by atoms with Crippen molar-refractivity contribution in [3.05, 3.63) is 119 Å². The summed E-state index contributed by atoms with van der Waals surface area (Å²) < 4.78 is 0. The fourth-order valence-corrected chi connectivity index (χ4v) is 5.52. The van der Waals surface area contributed by atoms with Gasteiger partial charge in [-0.1, -0.05) is 97.1 Å². The maximum atomic E-state index is 13.7. The summed E-state index contributed by atoms with van der Waals surface area (Å²) in [5.41, 5.74) is 7.77. The average molecular weight is 431 g/mol. The van der Waals surface area contributed by atoms with Gasteiger partial charge in [0.2, 0.25) is 5.91 Å². The summed E-state index contributed by atoms with van der Waals surface area (Å²) in [4.78, 5) is 26.2. The molecule has 0 saturated heterocycles. The lowest BCUT2D eigenvalue weighted by Gasteiger charge is -2.25. The maximum Gasteiger partial charge on any atom is 0.327 e. The second-order valence-electron chi connectivity index (χ2n) is 8.58.